The molecule has 0 saturated carbocycles. The van der Waals surface area contributed by atoms with Crippen LogP contribution in [0.1, 0.15) is 25.7 Å². The van der Waals surface area contributed by atoms with Gasteiger partial charge in [0.25, 0.3) is 0 Å². The number of aromatic hydroxyl groups is 1. The number of phenols is 1. The maximum absolute atomic E-state index is 9.96. The van der Waals surface area contributed by atoms with Gasteiger partial charge in [-0.2, -0.15) is 5.10 Å². The van der Waals surface area contributed by atoms with Crippen LogP contribution in [0, 0.1) is 0 Å². The number of ether oxygens (including phenoxy) is 1. The van der Waals surface area contributed by atoms with E-state index >= 15 is 0 Å². The molecule has 1 aromatic heterocycles. The maximum atomic E-state index is 9.96. The van der Waals surface area contributed by atoms with E-state index in [1.807, 2.05) is 6.07 Å². The molecular formula is C22H35N5O3. The standard InChI is InChI=1S/C22H35N5O3/c28-18-5-11-25(12-6-18)8-1-7-23-22-20-17-19(29)3-4-21(20)27(24-22)10-2-9-26-13-15-30-16-14-26/h3-4,17-18,28-29H,1-2,5-16H2,(H,23,24). The minimum absolute atomic E-state index is 0.120. The Morgan fingerprint density at radius 2 is 1.73 bits per heavy atom. The number of aliphatic hydroxyl groups excluding tert-OH is 1. The number of aryl methyl sites for hydroxylation is 1. The first-order valence-corrected chi connectivity index (χ1v) is 11.3. The Kier molecular flexibility index (Phi) is 7.43. The van der Waals surface area contributed by atoms with E-state index in [4.69, 9.17) is 9.84 Å². The molecular weight excluding hydrogens is 382 g/mol. The molecule has 30 heavy (non-hydrogen) atoms. The van der Waals surface area contributed by atoms with Gasteiger partial charge >= 0.3 is 0 Å². The first-order valence-electron chi connectivity index (χ1n) is 11.3. The minimum atomic E-state index is -0.120. The Hall–Kier alpha value is -1.87. The molecule has 8 heteroatoms. The van der Waals surface area contributed by atoms with Crippen LogP contribution in [0.3, 0.4) is 0 Å². The number of hydrogen-bond donors (Lipinski definition) is 3. The van der Waals surface area contributed by atoms with E-state index in [0.29, 0.717) is 0 Å². The first-order chi connectivity index (χ1) is 14.7. The molecule has 8 nitrogen and oxygen atoms in total. The molecule has 0 atom stereocenters. The summed E-state index contributed by atoms with van der Waals surface area (Å²) in [5.74, 6) is 1.12. The summed E-state index contributed by atoms with van der Waals surface area (Å²) in [5, 5.41) is 28.9. The van der Waals surface area contributed by atoms with E-state index in [2.05, 4.69) is 19.8 Å². The average Bonchev–Trinajstić information content (AvgIpc) is 3.10. The highest BCUT2D eigenvalue weighted by atomic mass is 16.5. The van der Waals surface area contributed by atoms with Crippen molar-refractivity contribution in [3.63, 3.8) is 0 Å². The van der Waals surface area contributed by atoms with Crippen LogP contribution in [0.4, 0.5) is 5.82 Å². The fraction of sp³-hybridized carbons (Fsp3) is 0.682. The number of phenolic OH excluding ortho intramolecular Hbond substituents is 1. The van der Waals surface area contributed by atoms with Crippen molar-refractivity contribution in [1.82, 2.24) is 19.6 Å². The summed E-state index contributed by atoms with van der Waals surface area (Å²) >= 11 is 0. The van der Waals surface area contributed by atoms with Crippen molar-refractivity contribution in [2.24, 2.45) is 0 Å². The van der Waals surface area contributed by atoms with Gasteiger partial charge in [-0.05, 0) is 50.4 Å². The first kappa shape index (κ1) is 21.4. The van der Waals surface area contributed by atoms with Crippen LogP contribution in [-0.2, 0) is 11.3 Å². The van der Waals surface area contributed by atoms with Gasteiger partial charge in [0.15, 0.2) is 5.82 Å². The number of aliphatic hydroxyl groups is 1. The second kappa shape index (κ2) is 10.4. The third-order valence-corrected chi connectivity index (χ3v) is 6.18. The van der Waals surface area contributed by atoms with Crippen molar-refractivity contribution in [3.8, 4) is 5.75 Å². The van der Waals surface area contributed by atoms with Crippen molar-refractivity contribution >= 4 is 16.7 Å². The molecule has 0 aliphatic carbocycles. The molecule has 3 heterocycles. The van der Waals surface area contributed by atoms with Gasteiger partial charge in [-0.15, -0.1) is 0 Å². The SMILES string of the molecule is Oc1ccc2c(c1)c(NCCCN1CCC(O)CC1)nn2CCCN1CCOCC1. The number of nitrogens with zero attached hydrogens (tertiary/aromatic N) is 4. The van der Waals surface area contributed by atoms with Crippen LogP contribution in [0.15, 0.2) is 18.2 Å². The number of benzene rings is 1. The molecule has 2 fully saturated rings. The van der Waals surface area contributed by atoms with Crippen LogP contribution >= 0.6 is 0 Å². The minimum Gasteiger partial charge on any atom is -0.508 e. The van der Waals surface area contributed by atoms with E-state index in [1.54, 1.807) is 12.1 Å². The van der Waals surface area contributed by atoms with Crippen LogP contribution in [0.5, 0.6) is 5.75 Å². The number of aromatic nitrogens is 2. The van der Waals surface area contributed by atoms with E-state index in [1.165, 1.54) is 0 Å². The lowest BCUT2D eigenvalue weighted by molar-refractivity contribution is 0.0368. The Bertz CT molecular complexity index is 797. The zero-order valence-corrected chi connectivity index (χ0v) is 17.8. The van der Waals surface area contributed by atoms with Gasteiger partial charge in [-0.1, -0.05) is 0 Å². The summed E-state index contributed by atoms with van der Waals surface area (Å²) in [6.07, 6.45) is 3.71. The van der Waals surface area contributed by atoms with Crippen molar-refractivity contribution < 1.29 is 14.9 Å². The molecule has 2 aromatic rings. The van der Waals surface area contributed by atoms with E-state index in [0.717, 1.165) is 108 Å². The Morgan fingerprint density at radius 3 is 2.53 bits per heavy atom. The van der Waals surface area contributed by atoms with E-state index < -0.39 is 0 Å². The molecule has 0 radical (unpaired) electrons. The molecule has 1 aromatic carbocycles. The van der Waals surface area contributed by atoms with Crippen LogP contribution < -0.4 is 5.32 Å². The number of piperidine rings is 1. The number of hydrogen-bond acceptors (Lipinski definition) is 7. The van der Waals surface area contributed by atoms with Crippen molar-refractivity contribution in [1.29, 1.82) is 0 Å². The second-order valence-electron chi connectivity index (χ2n) is 8.43. The van der Waals surface area contributed by atoms with Crippen LogP contribution in [0.25, 0.3) is 10.9 Å². The largest absolute Gasteiger partial charge is 0.508 e. The molecule has 0 spiro atoms. The predicted octanol–water partition coefficient (Wildman–Crippen LogP) is 1.72. The smallest absolute Gasteiger partial charge is 0.156 e. The zero-order valence-electron chi connectivity index (χ0n) is 17.8. The summed E-state index contributed by atoms with van der Waals surface area (Å²) in [5.41, 5.74) is 1.06. The summed E-state index contributed by atoms with van der Waals surface area (Å²) in [6.45, 7) is 9.43. The Morgan fingerprint density at radius 1 is 1.00 bits per heavy atom. The number of anilines is 1. The average molecular weight is 418 g/mol. The highest BCUT2D eigenvalue weighted by Crippen LogP contribution is 2.27. The number of fused-ring (bicyclic) bond motifs is 1. The Balaban J connectivity index is 1.31. The number of morpholine rings is 1. The monoisotopic (exact) mass is 417 g/mol. The van der Waals surface area contributed by atoms with Gasteiger partial charge in [0, 0.05) is 51.2 Å². The summed E-state index contributed by atoms with van der Waals surface area (Å²) < 4.78 is 7.48. The fourth-order valence-electron chi connectivity index (χ4n) is 4.39. The fourth-order valence-corrected chi connectivity index (χ4v) is 4.39. The lowest BCUT2D eigenvalue weighted by atomic mass is 10.1. The Labute approximate surface area is 178 Å². The maximum Gasteiger partial charge on any atom is 0.156 e. The number of rotatable bonds is 9. The van der Waals surface area contributed by atoms with Gasteiger partial charge in [-0.3, -0.25) is 9.58 Å². The molecule has 166 valence electrons. The molecule has 0 amide bonds. The zero-order chi connectivity index (χ0) is 20.8. The normalized spacial score (nSPS) is 19.5. The van der Waals surface area contributed by atoms with Gasteiger partial charge < -0.3 is 25.2 Å². The molecule has 2 aliphatic heterocycles. The highest BCUT2D eigenvalue weighted by Gasteiger charge is 2.17. The summed E-state index contributed by atoms with van der Waals surface area (Å²) in [7, 11) is 0. The molecule has 0 unspecified atom stereocenters. The van der Waals surface area contributed by atoms with E-state index in [9.17, 15) is 10.2 Å². The van der Waals surface area contributed by atoms with Gasteiger partial charge in [0.05, 0.1) is 24.8 Å². The van der Waals surface area contributed by atoms with Crippen LogP contribution in [-0.4, -0.2) is 94.9 Å². The molecule has 2 aliphatic rings. The lowest BCUT2D eigenvalue weighted by Gasteiger charge is -2.29. The number of nitrogens with one attached hydrogen (secondary N) is 1. The second-order valence-corrected chi connectivity index (χ2v) is 8.43. The van der Waals surface area contributed by atoms with Gasteiger partial charge in [0.1, 0.15) is 5.75 Å². The predicted molar refractivity (Wildman–Crippen MR) is 118 cm³/mol. The number of likely N-dealkylation sites (tertiary alicyclic amines) is 1. The topological polar surface area (TPSA) is 86.0 Å². The molecule has 0 bridgehead atoms. The highest BCUT2D eigenvalue weighted by molar-refractivity contribution is 5.91. The lowest BCUT2D eigenvalue weighted by Crippen LogP contribution is -2.37. The molecule has 2 saturated heterocycles. The molecule has 4 rings (SSSR count). The van der Waals surface area contributed by atoms with Crippen molar-refractivity contribution in [3.05, 3.63) is 18.2 Å². The quantitative estimate of drug-likeness (QED) is 0.536. The summed E-state index contributed by atoms with van der Waals surface area (Å²) in [6, 6.07) is 5.49. The van der Waals surface area contributed by atoms with Gasteiger partial charge in [0.2, 0.25) is 0 Å². The third-order valence-electron chi connectivity index (χ3n) is 6.18. The van der Waals surface area contributed by atoms with Crippen LogP contribution in [0.2, 0.25) is 0 Å². The molecule has 3 N–H and O–H groups in total. The van der Waals surface area contributed by atoms with E-state index in [-0.39, 0.29) is 11.9 Å². The third kappa shape index (κ3) is 5.63. The van der Waals surface area contributed by atoms with Crippen molar-refractivity contribution in [2.75, 3.05) is 64.3 Å². The summed E-state index contributed by atoms with van der Waals surface area (Å²) in [4.78, 5) is 4.86. The van der Waals surface area contributed by atoms with Crippen molar-refractivity contribution in [2.45, 2.75) is 38.3 Å². The van der Waals surface area contributed by atoms with Gasteiger partial charge in [-0.25, -0.2) is 0 Å².